The molecule has 1 aliphatic carbocycles. The third kappa shape index (κ3) is 4.53. The summed E-state index contributed by atoms with van der Waals surface area (Å²) in [6, 6.07) is 9.01. The number of hydrogen-bond acceptors (Lipinski definition) is 3. The van der Waals surface area contributed by atoms with Gasteiger partial charge in [-0.1, -0.05) is 17.7 Å². The molecule has 0 spiro atoms. The van der Waals surface area contributed by atoms with Crippen molar-refractivity contribution in [3.05, 3.63) is 29.8 Å². The zero-order valence-electron chi connectivity index (χ0n) is 12.3. The Morgan fingerprint density at radius 2 is 2.25 bits per heavy atom. The van der Waals surface area contributed by atoms with Crippen molar-refractivity contribution in [1.29, 1.82) is 0 Å². The van der Waals surface area contributed by atoms with Gasteiger partial charge in [-0.2, -0.15) is 0 Å². The molecule has 1 aliphatic rings. The lowest BCUT2D eigenvalue weighted by atomic mass is 9.95. The fourth-order valence-electron chi connectivity index (χ4n) is 2.27. The highest BCUT2D eigenvalue weighted by Crippen LogP contribution is 2.26. The second-order valence-corrected chi connectivity index (χ2v) is 7.05. The van der Waals surface area contributed by atoms with Crippen LogP contribution < -0.4 is 11.1 Å². The van der Waals surface area contributed by atoms with Gasteiger partial charge in [0.25, 0.3) is 0 Å². The summed E-state index contributed by atoms with van der Waals surface area (Å²) in [6.07, 6.45) is 4.12. The zero-order chi connectivity index (χ0) is 14.6. The van der Waals surface area contributed by atoms with Gasteiger partial charge in [-0.25, -0.2) is 0 Å². The number of rotatable bonds is 8. The molecule has 1 aromatic carbocycles. The molecular weight excluding hydrogens is 268 g/mol. The van der Waals surface area contributed by atoms with E-state index in [1.165, 1.54) is 23.3 Å². The molecule has 0 heterocycles. The smallest absolute Gasteiger partial charge is 0.237 e. The van der Waals surface area contributed by atoms with Crippen molar-refractivity contribution in [3.8, 4) is 0 Å². The van der Waals surface area contributed by atoms with Crippen LogP contribution in [-0.4, -0.2) is 23.2 Å². The highest BCUT2D eigenvalue weighted by molar-refractivity contribution is 7.99. The number of aryl methyl sites for hydroxylation is 1. The minimum Gasteiger partial charge on any atom is -0.368 e. The van der Waals surface area contributed by atoms with Crippen LogP contribution in [0.25, 0.3) is 0 Å². The number of amides is 1. The van der Waals surface area contributed by atoms with Crippen LogP contribution in [0.5, 0.6) is 0 Å². The summed E-state index contributed by atoms with van der Waals surface area (Å²) < 4.78 is 0. The highest BCUT2D eigenvalue weighted by atomic mass is 32.2. The van der Waals surface area contributed by atoms with Crippen molar-refractivity contribution >= 4 is 17.7 Å². The van der Waals surface area contributed by atoms with Gasteiger partial charge in [0.2, 0.25) is 5.91 Å². The second kappa shape index (κ2) is 6.64. The molecule has 3 nitrogen and oxygen atoms in total. The molecule has 0 radical (unpaired) electrons. The maximum absolute atomic E-state index is 11.6. The number of carbonyl (C=O) groups is 1. The van der Waals surface area contributed by atoms with E-state index in [0.717, 1.165) is 18.6 Å². The van der Waals surface area contributed by atoms with Gasteiger partial charge in [0.15, 0.2) is 0 Å². The summed E-state index contributed by atoms with van der Waals surface area (Å²) >= 11 is 1.84. The van der Waals surface area contributed by atoms with E-state index in [4.69, 9.17) is 5.73 Å². The lowest BCUT2D eigenvalue weighted by Gasteiger charge is -2.27. The summed E-state index contributed by atoms with van der Waals surface area (Å²) in [7, 11) is 0. The lowest BCUT2D eigenvalue weighted by Crippen LogP contribution is -2.54. The van der Waals surface area contributed by atoms with E-state index in [-0.39, 0.29) is 5.91 Å². The number of nitrogens with one attached hydrogen (secondary N) is 1. The largest absolute Gasteiger partial charge is 0.368 e. The van der Waals surface area contributed by atoms with Crippen LogP contribution in [0.1, 0.15) is 38.2 Å². The van der Waals surface area contributed by atoms with Gasteiger partial charge >= 0.3 is 0 Å². The third-order valence-corrected chi connectivity index (χ3v) is 4.80. The quantitative estimate of drug-likeness (QED) is 0.572. The van der Waals surface area contributed by atoms with Crippen LogP contribution in [0.4, 0.5) is 0 Å². The Balaban J connectivity index is 1.77. The number of primary amides is 1. The van der Waals surface area contributed by atoms with E-state index in [1.54, 1.807) is 0 Å². The average Bonchev–Trinajstić information content (AvgIpc) is 3.18. The van der Waals surface area contributed by atoms with Gasteiger partial charge in [0.05, 0.1) is 5.54 Å². The first kappa shape index (κ1) is 15.4. The molecule has 0 bridgehead atoms. The molecular formula is C16H24N2OS. The Labute approximate surface area is 125 Å². The topological polar surface area (TPSA) is 55.1 Å². The maximum atomic E-state index is 11.6. The molecule has 0 aromatic heterocycles. The van der Waals surface area contributed by atoms with E-state index in [0.29, 0.717) is 6.04 Å². The van der Waals surface area contributed by atoms with Crippen LogP contribution in [0.3, 0.4) is 0 Å². The normalized spacial score (nSPS) is 17.7. The van der Waals surface area contributed by atoms with Crippen molar-refractivity contribution in [2.45, 2.75) is 56.0 Å². The predicted molar refractivity (Wildman–Crippen MR) is 84.9 cm³/mol. The molecule has 0 aliphatic heterocycles. The summed E-state index contributed by atoms with van der Waals surface area (Å²) in [5, 5.41) is 3.39. The minimum atomic E-state index is -0.547. The van der Waals surface area contributed by atoms with Crippen molar-refractivity contribution in [2.75, 3.05) is 5.75 Å². The Hall–Kier alpha value is -1.00. The summed E-state index contributed by atoms with van der Waals surface area (Å²) in [5.74, 6) is 0.781. The molecule has 1 unspecified atom stereocenters. The number of hydrogen-bond donors (Lipinski definition) is 2. The second-order valence-electron chi connectivity index (χ2n) is 5.88. The molecule has 4 heteroatoms. The van der Waals surface area contributed by atoms with Gasteiger partial charge in [0.1, 0.15) is 0 Å². The predicted octanol–water partition coefficient (Wildman–Crippen LogP) is 2.86. The Bertz CT molecular complexity index is 473. The first-order valence-electron chi connectivity index (χ1n) is 7.27. The molecule has 1 aromatic rings. The van der Waals surface area contributed by atoms with Crippen LogP contribution >= 0.6 is 11.8 Å². The molecule has 110 valence electrons. The number of carbonyl (C=O) groups excluding carboxylic acids is 1. The molecule has 1 amide bonds. The van der Waals surface area contributed by atoms with Gasteiger partial charge in [0, 0.05) is 10.9 Å². The fourth-order valence-corrected chi connectivity index (χ4v) is 3.23. The van der Waals surface area contributed by atoms with Gasteiger partial charge in [-0.3, -0.25) is 4.79 Å². The number of benzene rings is 1. The Kier molecular flexibility index (Phi) is 5.11. The molecule has 1 saturated carbocycles. The monoisotopic (exact) mass is 292 g/mol. The van der Waals surface area contributed by atoms with Crippen LogP contribution in [0.2, 0.25) is 0 Å². The van der Waals surface area contributed by atoms with Crippen molar-refractivity contribution < 1.29 is 4.79 Å². The van der Waals surface area contributed by atoms with E-state index >= 15 is 0 Å². The van der Waals surface area contributed by atoms with E-state index in [1.807, 2.05) is 18.7 Å². The van der Waals surface area contributed by atoms with E-state index in [2.05, 4.69) is 36.5 Å². The standard InChI is InChI=1S/C16H24N2OS/c1-12-5-3-6-14(11-12)20-10-4-9-16(2,15(17)19)18-13-7-8-13/h3,5-6,11,13,18H,4,7-10H2,1-2H3,(H2,17,19). The van der Waals surface area contributed by atoms with E-state index < -0.39 is 5.54 Å². The van der Waals surface area contributed by atoms with Crippen LogP contribution in [0, 0.1) is 6.92 Å². The maximum Gasteiger partial charge on any atom is 0.237 e. The van der Waals surface area contributed by atoms with E-state index in [9.17, 15) is 4.79 Å². The SMILES string of the molecule is Cc1cccc(SCCCC(C)(NC2CC2)C(N)=O)c1. The Morgan fingerprint density at radius 1 is 1.50 bits per heavy atom. The van der Waals surface area contributed by atoms with Gasteiger partial charge in [-0.15, -0.1) is 11.8 Å². The molecule has 0 saturated heterocycles. The zero-order valence-corrected chi connectivity index (χ0v) is 13.1. The molecule has 1 fully saturated rings. The molecule has 1 atom stereocenters. The van der Waals surface area contributed by atoms with Crippen molar-refractivity contribution in [2.24, 2.45) is 5.73 Å². The third-order valence-electron chi connectivity index (χ3n) is 3.72. The van der Waals surface area contributed by atoms with Crippen molar-refractivity contribution in [3.63, 3.8) is 0 Å². The number of thioether (sulfide) groups is 1. The van der Waals surface area contributed by atoms with Crippen LogP contribution in [-0.2, 0) is 4.79 Å². The Morgan fingerprint density at radius 3 is 2.85 bits per heavy atom. The summed E-state index contributed by atoms with van der Waals surface area (Å²) in [4.78, 5) is 12.9. The minimum absolute atomic E-state index is 0.232. The van der Waals surface area contributed by atoms with Crippen molar-refractivity contribution in [1.82, 2.24) is 5.32 Å². The summed E-state index contributed by atoms with van der Waals surface area (Å²) in [6.45, 7) is 4.04. The molecule has 2 rings (SSSR count). The lowest BCUT2D eigenvalue weighted by molar-refractivity contribution is -0.124. The highest BCUT2D eigenvalue weighted by Gasteiger charge is 2.36. The first-order valence-corrected chi connectivity index (χ1v) is 8.25. The fraction of sp³-hybridized carbons (Fsp3) is 0.562. The molecule has 20 heavy (non-hydrogen) atoms. The van der Waals surface area contributed by atoms with Gasteiger partial charge in [-0.05, 0) is 57.4 Å². The summed E-state index contributed by atoms with van der Waals surface area (Å²) in [5.41, 5.74) is 6.29. The molecule has 3 N–H and O–H groups in total. The number of nitrogens with two attached hydrogens (primary N) is 1. The van der Waals surface area contributed by atoms with Gasteiger partial charge < -0.3 is 11.1 Å². The average molecular weight is 292 g/mol. The first-order chi connectivity index (χ1) is 9.49. The van der Waals surface area contributed by atoms with Crippen LogP contribution in [0.15, 0.2) is 29.2 Å².